The Morgan fingerprint density at radius 2 is 1.85 bits per heavy atom. The Hall–Kier alpha value is -4.20. The Kier molecular flexibility index (Phi) is 10.1. The Morgan fingerprint density at radius 3 is 2.56 bits per heavy atom. The average Bonchev–Trinajstić information content (AvgIpc) is 2.96. The molecule has 3 aromatic rings. The first-order valence-corrected chi connectivity index (χ1v) is 13.0. The molecule has 0 aliphatic carbocycles. The van der Waals surface area contributed by atoms with Gasteiger partial charge in [0, 0.05) is 45.4 Å². The van der Waals surface area contributed by atoms with Crippen molar-refractivity contribution >= 4 is 17.7 Å². The summed E-state index contributed by atoms with van der Waals surface area (Å²) in [5.74, 6) is 0.184. The molecule has 1 unspecified atom stereocenters. The summed E-state index contributed by atoms with van der Waals surface area (Å²) in [7, 11) is 4.66. The van der Waals surface area contributed by atoms with E-state index < -0.39 is 11.9 Å². The van der Waals surface area contributed by atoms with Crippen molar-refractivity contribution in [2.24, 2.45) is 4.99 Å². The molecule has 1 atom stereocenters. The number of nitrogens with zero attached hydrogens (tertiary/aromatic N) is 5. The molecule has 1 aromatic carbocycles. The van der Waals surface area contributed by atoms with Gasteiger partial charge in [-0.1, -0.05) is 12.1 Å². The Bertz CT molecular complexity index is 1400. The van der Waals surface area contributed by atoms with Crippen molar-refractivity contribution in [2.75, 3.05) is 60.0 Å². The molecule has 0 fully saturated rings. The smallest absolute Gasteiger partial charge is 0.251 e. The van der Waals surface area contributed by atoms with E-state index in [1.54, 1.807) is 50.3 Å². The maximum absolute atomic E-state index is 14.5. The van der Waals surface area contributed by atoms with Crippen molar-refractivity contribution < 1.29 is 28.2 Å². The predicted octanol–water partition coefficient (Wildman–Crippen LogP) is 2.26. The number of amidine groups is 1. The summed E-state index contributed by atoms with van der Waals surface area (Å²) in [5.41, 5.74) is 12.5. The van der Waals surface area contributed by atoms with Crippen LogP contribution in [0, 0.1) is 12.7 Å². The molecule has 12 nitrogen and oxygen atoms in total. The van der Waals surface area contributed by atoms with Crippen LogP contribution in [0.1, 0.15) is 28.6 Å². The number of carbonyl (C=O) groups is 1. The summed E-state index contributed by atoms with van der Waals surface area (Å²) < 4.78 is 29.9. The third-order valence-corrected chi connectivity index (χ3v) is 6.52. The minimum Gasteiger partial charge on any atom is -0.481 e. The third kappa shape index (κ3) is 7.31. The number of amides is 1. The van der Waals surface area contributed by atoms with E-state index in [1.807, 2.05) is 0 Å². The molecule has 0 saturated heterocycles. The number of anilines is 1. The topological polar surface area (TPSA) is 146 Å². The number of aromatic nitrogens is 3. The summed E-state index contributed by atoms with van der Waals surface area (Å²) >= 11 is 0. The number of nitrogens with one attached hydrogen (secondary N) is 1. The molecule has 13 heteroatoms. The van der Waals surface area contributed by atoms with Gasteiger partial charge < -0.3 is 24.8 Å². The van der Waals surface area contributed by atoms with Crippen molar-refractivity contribution in [2.45, 2.75) is 19.4 Å². The molecular weight excluding hydrogens is 533 g/mol. The number of ether oxygens (including phenoxy) is 3. The SMILES string of the molecule is COCCN(CCOC)C(=O)CONC1=NC(c2ccc(F)cc2-c2cccc(OC)n2)Cc2nc(N)nc(C)c21. The lowest BCUT2D eigenvalue weighted by Gasteiger charge is -2.26. The van der Waals surface area contributed by atoms with Crippen LogP contribution in [0.4, 0.5) is 10.3 Å². The second-order valence-corrected chi connectivity index (χ2v) is 9.24. The van der Waals surface area contributed by atoms with Gasteiger partial charge in [-0.3, -0.25) is 14.6 Å². The van der Waals surface area contributed by atoms with E-state index in [0.29, 0.717) is 78.2 Å². The number of halogens is 1. The Morgan fingerprint density at radius 1 is 1.10 bits per heavy atom. The Balaban J connectivity index is 1.64. The van der Waals surface area contributed by atoms with Crippen molar-refractivity contribution in [3.63, 3.8) is 0 Å². The summed E-state index contributed by atoms with van der Waals surface area (Å²) in [5, 5.41) is 0. The van der Waals surface area contributed by atoms with E-state index in [4.69, 9.17) is 29.8 Å². The van der Waals surface area contributed by atoms with E-state index in [0.717, 1.165) is 0 Å². The van der Waals surface area contributed by atoms with E-state index in [-0.39, 0.29) is 18.5 Å². The lowest BCUT2D eigenvalue weighted by Crippen LogP contribution is -2.41. The lowest BCUT2D eigenvalue weighted by molar-refractivity contribution is -0.138. The summed E-state index contributed by atoms with van der Waals surface area (Å²) in [4.78, 5) is 38.2. The fraction of sp³-hybridized carbons (Fsp3) is 0.393. The minimum absolute atomic E-state index is 0.123. The zero-order valence-electron chi connectivity index (χ0n) is 23.5. The molecule has 1 amide bonds. The van der Waals surface area contributed by atoms with Crippen molar-refractivity contribution in [1.82, 2.24) is 25.3 Å². The van der Waals surface area contributed by atoms with Crippen LogP contribution in [-0.4, -0.2) is 85.8 Å². The number of hydrogen-bond donors (Lipinski definition) is 2. The maximum Gasteiger partial charge on any atom is 0.251 e. The highest BCUT2D eigenvalue weighted by molar-refractivity contribution is 6.01. The number of aryl methyl sites for hydroxylation is 1. The van der Waals surface area contributed by atoms with Crippen LogP contribution < -0.4 is 16.0 Å². The number of carbonyl (C=O) groups excluding carboxylic acids is 1. The van der Waals surface area contributed by atoms with Crippen LogP contribution in [0.2, 0.25) is 0 Å². The number of nitrogens with two attached hydrogens (primary N) is 1. The van der Waals surface area contributed by atoms with Crippen LogP contribution in [0.5, 0.6) is 5.88 Å². The van der Waals surface area contributed by atoms with E-state index in [2.05, 4.69) is 20.4 Å². The first kappa shape index (κ1) is 29.8. The normalized spacial score (nSPS) is 14.3. The van der Waals surface area contributed by atoms with Crippen molar-refractivity contribution in [3.05, 3.63) is 64.7 Å². The number of rotatable bonds is 12. The van der Waals surface area contributed by atoms with Gasteiger partial charge in [-0.15, -0.1) is 0 Å². The van der Waals surface area contributed by atoms with Gasteiger partial charge in [0.15, 0.2) is 12.4 Å². The summed E-state index contributed by atoms with van der Waals surface area (Å²) in [6, 6.07) is 9.24. The molecule has 4 rings (SSSR count). The number of nitrogen functional groups attached to an aromatic ring is 1. The number of aliphatic imine (C=N–C) groups is 1. The van der Waals surface area contributed by atoms with Gasteiger partial charge >= 0.3 is 0 Å². The molecule has 3 N–H and O–H groups in total. The predicted molar refractivity (Wildman–Crippen MR) is 150 cm³/mol. The van der Waals surface area contributed by atoms with Crippen LogP contribution in [0.3, 0.4) is 0 Å². The number of hydrogen-bond acceptors (Lipinski definition) is 11. The van der Waals surface area contributed by atoms with E-state index in [1.165, 1.54) is 19.2 Å². The highest BCUT2D eigenvalue weighted by Gasteiger charge is 2.29. The number of benzene rings is 1. The zero-order chi connectivity index (χ0) is 29.4. The van der Waals surface area contributed by atoms with Gasteiger partial charge in [0.05, 0.1) is 49.0 Å². The van der Waals surface area contributed by atoms with Crippen LogP contribution >= 0.6 is 0 Å². The molecule has 0 saturated carbocycles. The largest absolute Gasteiger partial charge is 0.481 e. The van der Waals surface area contributed by atoms with Crippen LogP contribution in [0.25, 0.3) is 11.3 Å². The molecular formula is C28H34FN7O5. The quantitative estimate of drug-likeness (QED) is 0.313. The molecule has 41 heavy (non-hydrogen) atoms. The number of methoxy groups -OCH3 is 3. The second-order valence-electron chi connectivity index (χ2n) is 9.24. The van der Waals surface area contributed by atoms with Gasteiger partial charge in [-0.05, 0) is 30.7 Å². The highest BCUT2D eigenvalue weighted by atomic mass is 19.1. The fourth-order valence-electron chi connectivity index (χ4n) is 4.56. The second kappa shape index (κ2) is 13.9. The summed E-state index contributed by atoms with van der Waals surface area (Å²) in [6.45, 7) is 3.07. The van der Waals surface area contributed by atoms with E-state index in [9.17, 15) is 9.18 Å². The Labute approximate surface area is 237 Å². The highest BCUT2D eigenvalue weighted by Crippen LogP contribution is 2.36. The third-order valence-electron chi connectivity index (χ3n) is 6.52. The van der Waals surface area contributed by atoms with Gasteiger partial charge in [0.2, 0.25) is 11.8 Å². The number of fused-ring (bicyclic) bond motifs is 1. The molecule has 3 heterocycles. The molecule has 1 aliphatic rings. The molecule has 1 aliphatic heterocycles. The van der Waals surface area contributed by atoms with Crippen molar-refractivity contribution in [1.29, 1.82) is 0 Å². The van der Waals surface area contributed by atoms with Gasteiger partial charge in [0.25, 0.3) is 5.91 Å². The lowest BCUT2D eigenvalue weighted by atomic mass is 9.91. The minimum atomic E-state index is -0.499. The molecule has 0 bridgehead atoms. The number of pyridine rings is 1. The van der Waals surface area contributed by atoms with E-state index >= 15 is 0 Å². The molecule has 218 valence electrons. The maximum atomic E-state index is 14.5. The molecule has 2 aromatic heterocycles. The standard InChI is InChI=1S/C28H34FN7O5/c1-17-26-23(34-28(30)31-17)15-22(19-9-8-18(29)14-20(19)21-6-5-7-24(32-21)40-4)33-27(26)35-41-16-25(37)36(10-12-38-2)11-13-39-3/h5-9,14,22H,10-13,15-16H2,1-4H3,(H,33,35)(H2,30,31,34). The average molecular weight is 568 g/mol. The summed E-state index contributed by atoms with van der Waals surface area (Å²) in [6.07, 6.45) is 0.372. The number of hydroxylamine groups is 1. The van der Waals surface area contributed by atoms with Crippen LogP contribution in [0.15, 0.2) is 41.4 Å². The first-order valence-electron chi connectivity index (χ1n) is 13.0. The van der Waals surface area contributed by atoms with Gasteiger partial charge in [-0.25, -0.2) is 24.8 Å². The molecule has 0 radical (unpaired) electrons. The first-order chi connectivity index (χ1) is 19.8. The van der Waals surface area contributed by atoms with Gasteiger partial charge in [0.1, 0.15) is 5.82 Å². The van der Waals surface area contributed by atoms with Crippen molar-refractivity contribution in [3.8, 4) is 17.1 Å². The monoisotopic (exact) mass is 567 g/mol. The van der Waals surface area contributed by atoms with Crippen LogP contribution in [-0.2, 0) is 25.5 Å². The van der Waals surface area contributed by atoms with Gasteiger partial charge in [-0.2, -0.15) is 0 Å². The fourth-order valence-corrected chi connectivity index (χ4v) is 4.56. The zero-order valence-corrected chi connectivity index (χ0v) is 23.5. The molecule has 0 spiro atoms.